The summed E-state index contributed by atoms with van der Waals surface area (Å²) in [6, 6.07) is 12.1. The molecule has 2 aromatic carbocycles. The third-order valence-corrected chi connectivity index (χ3v) is 4.70. The van der Waals surface area contributed by atoms with Crippen LogP contribution in [0.15, 0.2) is 47.4 Å². The fourth-order valence-electron chi connectivity index (χ4n) is 2.00. The van der Waals surface area contributed by atoms with E-state index in [1.807, 2.05) is 19.1 Å². The number of rotatable bonds is 6. The molecule has 112 valence electrons. The van der Waals surface area contributed by atoms with Crippen LogP contribution in [0.3, 0.4) is 0 Å². The third kappa shape index (κ3) is 4.89. The average Bonchev–Trinajstić information content (AvgIpc) is 2.48. The van der Waals surface area contributed by atoms with Gasteiger partial charge in [-0.25, -0.2) is 4.39 Å². The zero-order valence-corrected chi connectivity index (χ0v) is 13.9. The molecule has 0 aromatic heterocycles. The summed E-state index contributed by atoms with van der Waals surface area (Å²) < 4.78 is 12.9. The lowest BCUT2D eigenvalue weighted by Gasteiger charge is -2.19. The summed E-state index contributed by atoms with van der Waals surface area (Å²) in [6.45, 7) is 2.88. The van der Waals surface area contributed by atoms with Crippen molar-refractivity contribution in [1.29, 1.82) is 0 Å². The summed E-state index contributed by atoms with van der Waals surface area (Å²) in [7, 11) is 0. The summed E-state index contributed by atoms with van der Waals surface area (Å²) >= 11 is 14.0. The average molecular weight is 344 g/mol. The van der Waals surface area contributed by atoms with Gasteiger partial charge in [0.15, 0.2) is 0 Å². The lowest BCUT2D eigenvalue weighted by atomic mass is 10.1. The first-order chi connectivity index (χ1) is 10.1. The van der Waals surface area contributed by atoms with Crippen LogP contribution < -0.4 is 5.32 Å². The quantitative estimate of drug-likeness (QED) is 0.687. The molecular formula is C16H16Cl2FNS. The second-order valence-corrected chi connectivity index (χ2v) is 6.48. The molecule has 1 atom stereocenters. The molecule has 0 aliphatic carbocycles. The minimum absolute atomic E-state index is 0.0938. The molecule has 0 saturated carbocycles. The van der Waals surface area contributed by atoms with Crippen molar-refractivity contribution in [3.63, 3.8) is 0 Å². The van der Waals surface area contributed by atoms with E-state index in [9.17, 15) is 4.39 Å². The van der Waals surface area contributed by atoms with Crippen LogP contribution in [0.4, 0.5) is 4.39 Å². The molecule has 0 saturated heterocycles. The molecule has 1 nitrogen and oxygen atoms in total. The lowest BCUT2D eigenvalue weighted by molar-refractivity contribution is 0.606. The Kier molecular flexibility index (Phi) is 6.37. The third-order valence-electron chi connectivity index (χ3n) is 3.01. The van der Waals surface area contributed by atoms with Crippen LogP contribution in [0.2, 0.25) is 10.0 Å². The Balaban J connectivity index is 2.11. The van der Waals surface area contributed by atoms with Gasteiger partial charge >= 0.3 is 0 Å². The molecular weight excluding hydrogens is 328 g/mol. The number of halogens is 3. The molecule has 2 aromatic rings. The van der Waals surface area contributed by atoms with Crippen molar-refractivity contribution in [2.75, 3.05) is 12.3 Å². The zero-order chi connectivity index (χ0) is 15.2. The Morgan fingerprint density at radius 1 is 1.14 bits per heavy atom. The van der Waals surface area contributed by atoms with Crippen molar-refractivity contribution >= 4 is 35.0 Å². The van der Waals surface area contributed by atoms with Gasteiger partial charge in [0.2, 0.25) is 0 Å². The maximum atomic E-state index is 12.9. The number of hydrogen-bond acceptors (Lipinski definition) is 2. The van der Waals surface area contributed by atoms with Crippen LogP contribution in [-0.2, 0) is 0 Å². The van der Waals surface area contributed by atoms with E-state index >= 15 is 0 Å². The first kappa shape index (κ1) is 16.6. The Morgan fingerprint density at radius 2 is 1.86 bits per heavy atom. The second kappa shape index (κ2) is 8.04. The standard InChI is InChI=1S/C16H16Cl2FNS/c1-2-20-16(14-9-11(17)3-8-15(14)18)10-21-13-6-4-12(19)5-7-13/h3-9,16,20H,2,10H2,1H3. The zero-order valence-electron chi connectivity index (χ0n) is 11.6. The van der Waals surface area contributed by atoms with Crippen LogP contribution in [0.5, 0.6) is 0 Å². The summed E-state index contributed by atoms with van der Waals surface area (Å²) in [6.07, 6.45) is 0. The maximum Gasteiger partial charge on any atom is 0.123 e. The first-order valence-corrected chi connectivity index (χ1v) is 8.41. The normalized spacial score (nSPS) is 12.4. The van der Waals surface area contributed by atoms with Gasteiger partial charge in [0.1, 0.15) is 5.82 Å². The van der Waals surface area contributed by atoms with E-state index in [2.05, 4.69) is 5.32 Å². The van der Waals surface area contributed by atoms with Crippen LogP contribution in [0, 0.1) is 5.82 Å². The highest BCUT2D eigenvalue weighted by Gasteiger charge is 2.15. The predicted molar refractivity (Wildman–Crippen MR) is 90.0 cm³/mol. The topological polar surface area (TPSA) is 12.0 Å². The van der Waals surface area contributed by atoms with Crippen LogP contribution in [-0.4, -0.2) is 12.3 Å². The molecule has 5 heteroatoms. The van der Waals surface area contributed by atoms with Crippen molar-refractivity contribution in [1.82, 2.24) is 5.32 Å². The van der Waals surface area contributed by atoms with Crippen molar-refractivity contribution in [2.24, 2.45) is 0 Å². The molecule has 0 aliphatic rings. The molecule has 0 radical (unpaired) electrons. The first-order valence-electron chi connectivity index (χ1n) is 6.67. The Morgan fingerprint density at radius 3 is 2.52 bits per heavy atom. The van der Waals surface area contributed by atoms with Crippen LogP contribution in [0.1, 0.15) is 18.5 Å². The molecule has 21 heavy (non-hydrogen) atoms. The van der Waals surface area contributed by atoms with Gasteiger partial charge in [-0.15, -0.1) is 11.8 Å². The van der Waals surface area contributed by atoms with Gasteiger partial charge in [0.05, 0.1) is 0 Å². The fraction of sp³-hybridized carbons (Fsp3) is 0.250. The van der Waals surface area contributed by atoms with Crippen molar-refractivity contribution in [3.05, 3.63) is 63.9 Å². The molecule has 1 N–H and O–H groups in total. The van der Waals surface area contributed by atoms with Crippen molar-refractivity contribution in [2.45, 2.75) is 17.9 Å². The summed E-state index contributed by atoms with van der Waals surface area (Å²) in [5, 5.41) is 4.78. The smallest absolute Gasteiger partial charge is 0.123 e. The molecule has 0 spiro atoms. The van der Waals surface area contributed by atoms with Gasteiger partial charge in [-0.3, -0.25) is 0 Å². The number of hydrogen-bond donors (Lipinski definition) is 1. The molecule has 1 unspecified atom stereocenters. The highest BCUT2D eigenvalue weighted by atomic mass is 35.5. The van der Waals surface area contributed by atoms with Gasteiger partial charge in [0.25, 0.3) is 0 Å². The number of thioether (sulfide) groups is 1. The van der Waals surface area contributed by atoms with Gasteiger partial charge in [-0.05, 0) is 54.6 Å². The molecule has 0 fully saturated rings. The largest absolute Gasteiger partial charge is 0.309 e. The van der Waals surface area contributed by atoms with Gasteiger partial charge in [0, 0.05) is 26.7 Å². The molecule has 0 aliphatic heterocycles. The van der Waals surface area contributed by atoms with E-state index < -0.39 is 0 Å². The predicted octanol–water partition coefficient (Wildman–Crippen LogP) is 5.58. The molecule has 0 bridgehead atoms. The van der Waals surface area contributed by atoms with Crippen molar-refractivity contribution in [3.8, 4) is 0 Å². The number of nitrogens with one attached hydrogen (secondary N) is 1. The Hall–Kier alpha value is -0.740. The van der Waals surface area contributed by atoms with Gasteiger partial charge < -0.3 is 5.32 Å². The lowest BCUT2D eigenvalue weighted by Crippen LogP contribution is -2.23. The van der Waals surface area contributed by atoms with E-state index in [1.165, 1.54) is 12.1 Å². The van der Waals surface area contributed by atoms with E-state index in [4.69, 9.17) is 23.2 Å². The van der Waals surface area contributed by atoms with Gasteiger partial charge in [-0.2, -0.15) is 0 Å². The highest BCUT2D eigenvalue weighted by molar-refractivity contribution is 7.99. The van der Waals surface area contributed by atoms with Crippen LogP contribution >= 0.6 is 35.0 Å². The van der Waals surface area contributed by atoms with Crippen molar-refractivity contribution < 1.29 is 4.39 Å². The highest BCUT2D eigenvalue weighted by Crippen LogP contribution is 2.30. The number of benzene rings is 2. The SMILES string of the molecule is CCNC(CSc1ccc(F)cc1)c1cc(Cl)ccc1Cl. The molecule has 2 rings (SSSR count). The van der Waals surface area contributed by atoms with Crippen LogP contribution in [0.25, 0.3) is 0 Å². The molecule has 0 heterocycles. The Bertz CT molecular complexity index is 589. The van der Waals surface area contributed by atoms with E-state index in [0.29, 0.717) is 10.0 Å². The second-order valence-electron chi connectivity index (χ2n) is 4.54. The van der Waals surface area contributed by atoms with E-state index in [0.717, 1.165) is 22.8 Å². The summed E-state index contributed by atoms with van der Waals surface area (Å²) in [5.74, 6) is 0.569. The van der Waals surface area contributed by atoms with E-state index in [1.54, 1.807) is 30.0 Å². The minimum Gasteiger partial charge on any atom is -0.309 e. The maximum absolute atomic E-state index is 12.9. The summed E-state index contributed by atoms with van der Waals surface area (Å²) in [4.78, 5) is 1.03. The fourth-order valence-corrected chi connectivity index (χ4v) is 3.41. The monoisotopic (exact) mass is 343 g/mol. The Labute approximate surface area is 138 Å². The van der Waals surface area contributed by atoms with E-state index in [-0.39, 0.29) is 11.9 Å². The minimum atomic E-state index is -0.222. The van der Waals surface area contributed by atoms with Gasteiger partial charge in [-0.1, -0.05) is 30.1 Å². The summed E-state index contributed by atoms with van der Waals surface area (Å²) in [5.41, 5.74) is 0.987. The molecule has 0 amide bonds.